The Bertz CT molecular complexity index is 735. The topological polar surface area (TPSA) is 104 Å². The summed E-state index contributed by atoms with van der Waals surface area (Å²) in [4.78, 5) is 22.9. The van der Waals surface area contributed by atoms with E-state index in [1.54, 1.807) is 0 Å². The van der Waals surface area contributed by atoms with Gasteiger partial charge in [-0.25, -0.2) is 21.9 Å². The number of piperidine rings is 1. The van der Waals surface area contributed by atoms with Crippen LogP contribution >= 0.6 is 0 Å². The fourth-order valence-electron chi connectivity index (χ4n) is 2.46. The fraction of sp³-hybridized carbons (Fsp3) is 0.429. The molecule has 7 nitrogen and oxygen atoms in total. The van der Waals surface area contributed by atoms with E-state index in [1.165, 1.54) is 4.31 Å². The van der Waals surface area contributed by atoms with E-state index in [1.807, 2.05) is 0 Å². The maximum absolute atomic E-state index is 13.9. The van der Waals surface area contributed by atoms with Gasteiger partial charge in [-0.2, -0.15) is 0 Å². The molecule has 0 aliphatic carbocycles. The number of carbonyl (C=O) groups excluding carboxylic acids is 1. The number of halogens is 1. The summed E-state index contributed by atoms with van der Waals surface area (Å²) in [5.74, 6) is -2.91. The van der Waals surface area contributed by atoms with Crippen LogP contribution in [0.5, 0.6) is 0 Å². The van der Waals surface area contributed by atoms with Crippen LogP contribution < -0.4 is 5.32 Å². The van der Waals surface area contributed by atoms with Crippen molar-refractivity contribution in [3.63, 3.8) is 0 Å². The van der Waals surface area contributed by atoms with E-state index in [4.69, 9.17) is 5.11 Å². The molecule has 0 aromatic heterocycles. The summed E-state index contributed by atoms with van der Waals surface area (Å²) in [6.07, 6.45) is 2.28. The van der Waals surface area contributed by atoms with Crippen LogP contribution in [0.25, 0.3) is 0 Å². The van der Waals surface area contributed by atoms with Gasteiger partial charge in [0, 0.05) is 19.1 Å². The van der Waals surface area contributed by atoms with E-state index in [2.05, 4.69) is 5.32 Å². The van der Waals surface area contributed by atoms with Gasteiger partial charge in [0.1, 0.15) is 5.82 Å². The number of nitrogens with one attached hydrogen (secondary N) is 1. The van der Waals surface area contributed by atoms with Crippen molar-refractivity contribution in [3.8, 4) is 0 Å². The number of amides is 1. The van der Waals surface area contributed by atoms with Gasteiger partial charge in [0.05, 0.1) is 17.4 Å². The summed E-state index contributed by atoms with van der Waals surface area (Å²) in [7, 11) is -3.34. The standard InChI is InChI=1S/C14H17FN2O5S/c1-23(21,22)17-6-2-3-10(8-17)16-13(18)11-5-4-9(14(19)20)7-12(11)15/h4-5,7,10H,2-3,6,8H2,1H3,(H,16,18)(H,19,20). The lowest BCUT2D eigenvalue weighted by atomic mass is 10.1. The van der Waals surface area contributed by atoms with Crippen LogP contribution in [-0.2, 0) is 10.0 Å². The SMILES string of the molecule is CS(=O)(=O)N1CCCC(NC(=O)c2ccc(C(=O)O)cc2F)C1. The van der Waals surface area contributed by atoms with Crippen LogP contribution in [0, 0.1) is 5.82 Å². The highest BCUT2D eigenvalue weighted by Crippen LogP contribution is 2.15. The predicted octanol–water partition coefficient (Wildman–Crippen LogP) is 0.678. The quantitative estimate of drug-likeness (QED) is 0.836. The van der Waals surface area contributed by atoms with E-state index >= 15 is 0 Å². The Labute approximate surface area is 133 Å². The van der Waals surface area contributed by atoms with Crippen molar-refractivity contribution in [2.45, 2.75) is 18.9 Å². The first kappa shape index (κ1) is 17.4. The zero-order valence-electron chi connectivity index (χ0n) is 12.5. The van der Waals surface area contributed by atoms with Crippen LogP contribution in [0.1, 0.15) is 33.6 Å². The van der Waals surface area contributed by atoms with Gasteiger partial charge in [0.2, 0.25) is 10.0 Å². The smallest absolute Gasteiger partial charge is 0.335 e. The molecule has 9 heteroatoms. The van der Waals surface area contributed by atoms with Crippen LogP contribution in [-0.4, -0.2) is 55.1 Å². The number of rotatable bonds is 4. The molecule has 126 valence electrons. The van der Waals surface area contributed by atoms with Crippen LogP contribution in [0.4, 0.5) is 4.39 Å². The molecule has 23 heavy (non-hydrogen) atoms. The number of carboxylic acids is 1. The minimum absolute atomic E-state index is 0.138. The minimum atomic E-state index is -3.34. The number of sulfonamides is 1. The number of carbonyl (C=O) groups is 2. The van der Waals surface area contributed by atoms with Crippen molar-refractivity contribution in [2.24, 2.45) is 0 Å². The lowest BCUT2D eigenvalue weighted by Crippen LogP contribution is -2.49. The molecule has 0 spiro atoms. The number of nitrogens with zero attached hydrogens (tertiary/aromatic N) is 1. The van der Waals surface area contributed by atoms with Gasteiger partial charge in [-0.05, 0) is 31.0 Å². The summed E-state index contributed by atoms with van der Waals surface area (Å²) in [5, 5.41) is 11.4. The van der Waals surface area contributed by atoms with Gasteiger partial charge >= 0.3 is 5.97 Å². The maximum atomic E-state index is 13.9. The summed E-state index contributed by atoms with van der Waals surface area (Å²) in [5.41, 5.74) is -0.522. The summed E-state index contributed by atoms with van der Waals surface area (Å²) < 4.78 is 38.2. The van der Waals surface area contributed by atoms with Crippen molar-refractivity contribution in [3.05, 3.63) is 35.1 Å². The second-order valence-corrected chi connectivity index (χ2v) is 7.42. The third kappa shape index (κ3) is 4.26. The van der Waals surface area contributed by atoms with Gasteiger partial charge < -0.3 is 10.4 Å². The molecule has 1 aromatic carbocycles. The lowest BCUT2D eigenvalue weighted by Gasteiger charge is -2.31. The third-order valence-corrected chi connectivity index (χ3v) is 4.92. The Morgan fingerprint density at radius 3 is 2.65 bits per heavy atom. The van der Waals surface area contributed by atoms with Gasteiger partial charge in [0.25, 0.3) is 5.91 Å². The molecule has 1 amide bonds. The molecular weight excluding hydrogens is 327 g/mol. The van der Waals surface area contributed by atoms with Crippen molar-refractivity contribution in [2.75, 3.05) is 19.3 Å². The molecule has 0 saturated carbocycles. The summed E-state index contributed by atoms with van der Waals surface area (Å²) in [6.45, 7) is 0.534. The molecule has 1 aromatic rings. The predicted molar refractivity (Wildman–Crippen MR) is 80.3 cm³/mol. The molecule has 0 radical (unpaired) electrons. The molecule has 1 saturated heterocycles. The van der Waals surface area contributed by atoms with E-state index in [0.717, 1.165) is 24.5 Å². The van der Waals surface area contributed by atoms with E-state index in [-0.39, 0.29) is 17.7 Å². The molecule has 1 aliphatic heterocycles. The van der Waals surface area contributed by atoms with Crippen molar-refractivity contribution in [1.29, 1.82) is 0 Å². The lowest BCUT2D eigenvalue weighted by molar-refractivity contribution is 0.0695. The molecule has 1 heterocycles. The van der Waals surface area contributed by atoms with E-state index < -0.39 is 33.8 Å². The summed E-state index contributed by atoms with van der Waals surface area (Å²) >= 11 is 0. The third-order valence-electron chi connectivity index (χ3n) is 3.65. The number of benzene rings is 1. The van der Waals surface area contributed by atoms with E-state index in [9.17, 15) is 22.4 Å². The van der Waals surface area contributed by atoms with E-state index in [0.29, 0.717) is 19.4 Å². The Morgan fingerprint density at radius 1 is 1.39 bits per heavy atom. The number of hydrogen-bond donors (Lipinski definition) is 2. The first-order valence-electron chi connectivity index (χ1n) is 6.97. The monoisotopic (exact) mass is 344 g/mol. The zero-order valence-corrected chi connectivity index (χ0v) is 13.3. The Kier molecular flexibility index (Phi) is 5.00. The maximum Gasteiger partial charge on any atom is 0.335 e. The highest BCUT2D eigenvalue weighted by atomic mass is 32.2. The molecular formula is C14H17FN2O5S. The van der Waals surface area contributed by atoms with Crippen LogP contribution in [0.3, 0.4) is 0 Å². The summed E-state index contributed by atoms with van der Waals surface area (Å²) in [6, 6.07) is 2.61. The largest absolute Gasteiger partial charge is 0.478 e. The molecule has 1 aliphatic rings. The molecule has 2 N–H and O–H groups in total. The van der Waals surface area contributed by atoms with Gasteiger partial charge in [-0.15, -0.1) is 0 Å². The van der Waals surface area contributed by atoms with Gasteiger partial charge in [-0.3, -0.25) is 4.79 Å². The second kappa shape index (κ2) is 6.63. The normalized spacial score (nSPS) is 19.3. The Hall–Kier alpha value is -2.00. The van der Waals surface area contributed by atoms with Crippen LogP contribution in [0.15, 0.2) is 18.2 Å². The number of carboxylic acid groups (broad SMARTS) is 1. The molecule has 1 unspecified atom stereocenters. The highest BCUT2D eigenvalue weighted by molar-refractivity contribution is 7.88. The first-order chi connectivity index (χ1) is 10.7. The average molecular weight is 344 g/mol. The number of aromatic carboxylic acids is 1. The molecule has 2 rings (SSSR count). The average Bonchev–Trinajstić information content (AvgIpc) is 2.46. The van der Waals surface area contributed by atoms with Gasteiger partial charge in [-0.1, -0.05) is 0 Å². The second-order valence-electron chi connectivity index (χ2n) is 5.43. The van der Waals surface area contributed by atoms with Crippen molar-refractivity contribution < 1.29 is 27.5 Å². The van der Waals surface area contributed by atoms with Crippen molar-refractivity contribution in [1.82, 2.24) is 9.62 Å². The highest BCUT2D eigenvalue weighted by Gasteiger charge is 2.27. The molecule has 1 atom stereocenters. The minimum Gasteiger partial charge on any atom is -0.478 e. The Balaban J connectivity index is 2.08. The van der Waals surface area contributed by atoms with Crippen LogP contribution in [0.2, 0.25) is 0 Å². The Morgan fingerprint density at radius 2 is 2.09 bits per heavy atom. The number of hydrogen-bond acceptors (Lipinski definition) is 4. The molecule has 0 bridgehead atoms. The first-order valence-corrected chi connectivity index (χ1v) is 8.82. The van der Waals surface area contributed by atoms with Gasteiger partial charge in [0.15, 0.2) is 0 Å². The fourth-order valence-corrected chi connectivity index (χ4v) is 3.37. The molecule has 1 fully saturated rings. The van der Waals surface area contributed by atoms with Crippen molar-refractivity contribution >= 4 is 21.9 Å². The zero-order chi connectivity index (χ0) is 17.2.